The van der Waals surface area contributed by atoms with E-state index in [4.69, 9.17) is 49.1 Å². The van der Waals surface area contributed by atoms with Gasteiger partial charge in [0.05, 0.1) is 0 Å². The van der Waals surface area contributed by atoms with E-state index in [1.165, 1.54) is 0 Å². The summed E-state index contributed by atoms with van der Waals surface area (Å²) in [5.41, 5.74) is 0. The summed E-state index contributed by atoms with van der Waals surface area (Å²) in [5, 5.41) is 0. The van der Waals surface area contributed by atoms with Gasteiger partial charge in [-0.1, -0.05) is 0 Å². The summed E-state index contributed by atoms with van der Waals surface area (Å²) in [7, 11) is -14.0. The van der Waals surface area contributed by atoms with E-state index in [0.29, 0.717) is 0 Å². The van der Waals surface area contributed by atoms with Crippen LogP contribution in [0.25, 0.3) is 0 Å². The summed E-state index contributed by atoms with van der Waals surface area (Å²) in [4.78, 5) is 17.0. The van der Waals surface area contributed by atoms with Crippen molar-refractivity contribution in [3.63, 3.8) is 0 Å². The average molecular weight is 293 g/mol. The van der Waals surface area contributed by atoms with Crippen molar-refractivity contribution in [1.82, 2.24) is 0 Å². The molecule has 0 spiro atoms. The zero-order valence-corrected chi connectivity index (χ0v) is 10.6. The van der Waals surface area contributed by atoms with Crippen molar-refractivity contribution in [2.24, 2.45) is 0 Å². The maximum absolute atomic E-state index is 8.52. The van der Waals surface area contributed by atoms with Gasteiger partial charge < -0.3 is 32.3 Å². The van der Waals surface area contributed by atoms with E-state index in [2.05, 4.69) is 0 Å². The molecule has 0 aliphatic heterocycles. The van der Waals surface area contributed by atoms with Crippen LogP contribution in [-0.2, 0) is 25.3 Å². The molecular formula is MgO11S2Si-4. The van der Waals surface area contributed by atoms with Gasteiger partial charge in [0.25, 0.3) is 0 Å². The molecule has 0 aromatic rings. The Morgan fingerprint density at radius 2 is 0.733 bits per heavy atom. The standard InChI is InChI=1S/Mg.2H2O4S.O3Si/c;2*1-5(2,3)4;1-4(2)3/h;2*(H2,1,2,3,4);/q+2;;;-2/p-4. The van der Waals surface area contributed by atoms with E-state index in [-0.39, 0.29) is 23.1 Å². The van der Waals surface area contributed by atoms with E-state index in [1.807, 2.05) is 0 Å². The molecule has 0 saturated carbocycles. The fourth-order valence-electron chi connectivity index (χ4n) is 0. The Bertz CT molecular complexity index is 285. The molecule has 0 rings (SSSR count). The van der Waals surface area contributed by atoms with E-state index in [9.17, 15) is 0 Å². The van der Waals surface area contributed by atoms with E-state index < -0.39 is 30.0 Å². The molecule has 0 N–H and O–H groups in total. The molecule has 0 aromatic heterocycles. The molecule has 0 fully saturated rings. The summed E-state index contributed by atoms with van der Waals surface area (Å²) in [6.45, 7) is 0. The largest absolute Gasteiger partial charge is 2.00 e. The van der Waals surface area contributed by atoms with Gasteiger partial charge in [-0.3, -0.25) is 16.8 Å². The summed E-state index contributed by atoms with van der Waals surface area (Å²) in [6, 6.07) is 0. The molecule has 0 radical (unpaired) electrons. The molecule has 0 heterocycles. The van der Waals surface area contributed by atoms with Crippen molar-refractivity contribution >= 4 is 53.0 Å². The second-order valence-electron chi connectivity index (χ2n) is 1.07. The molecule has 0 unspecified atom stereocenters. The van der Waals surface area contributed by atoms with Crippen molar-refractivity contribution in [2.45, 2.75) is 0 Å². The van der Waals surface area contributed by atoms with Gasteiger partial charge in [0.1, 0.15) is 0 Å². The van der Waals surface area contributed by atoms with Gasteiger partial charge in [-0.05, 0) is 0 Å². The maximum Gasteiger partial charge on any atom is 2.00 e. The van der Waals surface area contributed by atoms with Crippen molar-refractivity contribution in [3.8, 4) is 0 Å². The molecule has 0 saturated heterocycles. The molecule has 0 atom stereocenters. The van der Waals surface area contributed by atoms with Gasteiger partial charge in [0, 0.05) is 30.0 Å². The zero-order valence-electron chi connectivity index (χ0n) is 6.51. The van der Waals surface area contributed by atoms with Crippen molar-refractivity contribution < 1.29 is 49.1 Å². The Morgan fingerprint density at radius 1 is 0.733 bits per heavy atom. The number of rotatable bonds is 0. The topological polar surface area (TPSA) is 224 Å². The van der Waals surface area contributed by atoms with E-state index in [1.54, 1.807) is 0 Å². The quantitative estimate of drug-likeness (QED) is 0.232. The van der Waals surface area contributed by atoms with Crippen LogP contribution in [0.2, 0.25) is 0 Å². The van der Waals surface area contributed by atoms with Crippen LogP contribution in [0.15, 0.2) is 0 Å². The molecule has 0 amide bonds. The molecule has 88 valence electrons. The van der Waals surface area contributed by atoms with Crippen LogP contribution >= 0.6 is 0 Å². The predicted molar refractivity (Wildman–Crippen MR) is 33.1 cm³/mol. The summed E-state index contributed by atoms with van der Waals surface area (Å²) < 4.78 is 76.7. The normalized spacial score (nSPS) is 9.33. The van der Waals surface area contributed by atoms with Crippen molar-refractivity contribution in [2.75, 3.05) is 0 Å². The van der Waals surface area contributed by atoms with Crippen LogP contribution in [0.5, 0.6) is 0 Å². The summed E-state index contributed by atoms with van der Waals surface area (Å²) in [5.74, 6) is 0. The Hall–Kier alpha value is 0.123. The molecule has 0 aromatic carbocycles. The molecule has 15 heavy (non-hydrogen) atoms. The molecule has 11 nitrogen and oxygen atoms in total. The van der Waals surface area contributed by atoms with Gasteiger partial charge in [-0.2, -0.15) is 0 Å². The molecular weight excluding hydrogens is 293 g/mol. The smallest absolute Gasteiger partial charge is 0.759 e. The van der Waals surface area contributed by atoms with Crippen molar-refractivity contribution in [3.05, 3.63) is 0 Å². The van der Waals surface area contributed by atoms with E-state index in [0.717, 1.165) is 0 Å². The molecule has 0 aliphatic carbocycles. The van der Waals surface area contributed by atoms with Crippen LogP contribution in [0.3, 0.4) is 0 Å². The third kappa shape index (κ3) is 137000. The summed E-state index contributed by atoms with van der Waals surface area (Å²) >= 11 is 0. The van der Waals surface area contributed by atoms with Gasteiger partial charge in [-0.25, -0.2) is 0 Å². The molecule has 0 bridgehead atoms. The monoisotopic (exact) mass is 292 g/mol. The van der Waals surface area contributed by atoms with Crippen LogP contribution < -0.4 is 9.59 Å². The van der Waals surface area contributed by atoms with Gasteiger partial charge in [-0.15, -0.1) is 0 Å². The molecule has 15 heteroatoms. The number of hydrogen-bond acceptors (Lipinski definition) is 11. The van der Waals surface area contributed by atoms with Crippen LogP contribution in [0.4, 0.5) is 0 Å². The zero-order chi connectivity index (χ0) is 12.6. The summed E-state index contributed by atoms with van der Waals surface area (Å²) in [6.07, 6.45) is 0. The van der Waals surface area contributed by atoms with Gasteiger partial charge in [0.15, 0.2) is 0 Å². The first kappa shape index (κ1) is 24.4. The van der Waals surface area contributed by atoms with E-state index >= 15 is 0 Å². The van der Waals surface area contributed by atoms with Gasteiger partial charge in [0.2, 0.25) is 0 Å². The Balaban J connectivity index is -0.0000000590. The first-order chi connectivity index (χ1) is 5.73. The Labute approximate surface area is 102 Å². The van der Waals surface area contributed by atoms with Gasteiger partial charge >= 0.3 is 23.1 Å². The van der Waals surface area contributed by atoms with Crippen molar-refractivity contribution in [1.29, 1.82) is 0 Å². The maximum atomic E-state index is 8.52. The third-order valence-corrected chi connectivity index (χ3v) is 0. The Morgan fingerprint density at radius 3 is 0.733 bits per heavy atom. The second-order valence-corrected chi connectivity index (χ2v) is 3.20. The van der Waals surface area contributed by atoms with Crippen LogP contribution in [0, 0.1) is 0 Å². The Kier molecular flexibility index (Phi) is 17.3. The second kappa shape index (κ2) is 10.6. The first-order valence-electron chi connectivity index (χ1n) is 1.95. The first-order valence-corrected chi connectivity index (χ1v) is 5.84. The number of hydrogen-bond donors (Lipinski definition) is 0. The molecule has 0 aliphatic rings. The minimum Gasteiger partial charge on any atom is -0.759 e. The minimum atomic E-state index is -5.17. The third-order valence-electron chi connectivity index (χ3n) is 0. The minimum absolute atomic E-state index is 0. The van der Waals surface area contributed by atoms with Crippen LogP contribution in [0.1, 0.15) is 0 Å². The van der Waals surface area contributed by atoms with Crippen LogP contribution in [-0.4, -0.2) is 67.3 Å². The fourth-order valence-corrected chi connectivity index (χ4v) is 0. The predicted octanol–water partition coefficient (Wildman–Crippen LogP) is -5.93. The fraction of sp³-hybridized carbons (Fsp3) is 0. The SMILES string of the molecule is O=S(=O)([O-])[O-].O=S(=O)([O-])[O-].O=[Si]([O-])[O-].[Mg+2]. The average Bonchev–Trinajstić information content (AvgIpc) is 1.45.